The van der Waals surface area contributed by atoms with Crippen molar-refractivity contribution in [3.8, 4) is 0 Å². The third-order valence-corrected chi connectivity index (χ3v) is 3.52. The van der Waals surface area contributed by atoms with Crippen molar-refractivity contribution in [2.75, 3.05) is 11.9 Å². The molecular formula is C18H19NO3. The van der Waals surface area contributed by atoms with Crippen LogP contribution in [0.2, 0.25) is 0 Å². The van der Waals surface area contributed by atoms with Crippen LogP contribution in [0.1, 0.15) is 38.8 Å². The molecule has 0 aliphatic heterocycles. The second-order valence-electron chi connectivity index (χ2n) is 4.97. The minimum atomic E-state index is -0.445. The number of nitrogens with one attached hydrogen (secondary N) is 1. The smallest absolute Gasteiger partial charge is 0.340 e. The summed E-state index contributed by atoms with van der Waals surface area (Å²) in [6.07, 6.45) is 0. The Labute approximate surface area is 130 Å². The molecule has 4 nitrogen and oxygen atoms in total. The van der Waals surface area contributed by atoms with E-state index in [9.17, 15) is 9.59 Å². The Morgan fingerprint density at radius 3 is 2.41 bits per heavy atom. The van der Waals surface area contributed by atoms with E-state index in [4.69, 9.17) is 4.74 Å². The van der Waals surface area contributed by atoms with Gasteiger partial charge in [-0.2, -0.15) is 0 Å². The van der Waals surface area contributed by atoms with Crippen LogP contribution < -0.4 is 5.32 Å². The van der Waals surface area contributed by atoms with Gasteiger partial charge in [-0.05, 0) is 50.1 Å². The number of amides is 1. The van der Waals surface area contributed by atoms with Crippen molar-refractivity contribution in [1.29, 1.82) is 0 Å². The first kappa shape index (κ1) is 15.8. The molecule has 2 aromatic carbocycles. The summed E-state index contributed by atoms with van der Waals surface area (Å²) >= 11 is 0. The maximum atomic E-state index is 12.5. The van der Waals surface area contributed by atoms with Gasteiger partial charge in [0, 0.05) is 5.56 Å². The zero-order valence-corrected chi connectivity index (χ0v) is 13.0. The van der Waals surface area contributed by atoms with E-state index in [1.165, 1.54) is 0 Å². The summed E-state index contributed by atoms with van der Waals surface area (Å²) in [6, 6.07) is 12.4. The molecule has 0 fully saturated rings. The third-order valence-electron chi connectivity index (χ3n) is 3.52. The van der Waals surface area contributed by atoms with Gasteiger partial charge < -0.3 is 10.1 Å². The fourth-order valence-corrected chi connectivity index (χ4v) is 2.17. The molecule has 0 aliphatic rings. The van der Waals surface area contributed by atoms with Gasteiger partial charge in [0.2, 0.25) is 0 Å². The van der Waals surface area contributed by atoms with E-state index in [1.54, 1.807) is 37.3 Å². The van der Waals surface area contributed by atoms with Crippen LogP contribution in [0, 0.1) is 13.8 Å². The highest BCUT2D eigenvalue weighted by molar-refractivity contribution is 6.08. The molecule has 0 radical (unpaired) electrons. The molecule has 0 bridgehead atoms. The minimum absolute atomic E-state index is 0.238. The Bertz CT molecular complexity index is 707. The zero-order valence-electron chi connectivity index (χ0n) is 13.0. The number of benzene rings is 2. The lowest BCUT2D eigenvalue weighted by Gasteiger charge is -2.12. The molecule has 2 aromatic rings. The van der Waals surface area contributed by atoms with E-state index < -0.39 is 5.97 Å². The van der Waals surface area contributed by atoms with Gasteiger partial charge in [0.05, 0.1) is 17.9 Å². The number of esters is 1. The Morgan fingerprint density at radius 1 is 1.00 bits per heavy atom. The Hall–Kier alpha value is -2.62. The molecule has 0 spiro atoms. The van der Waals surface area contributed by atoms with Gasteiger partial charge in [-0.3, -0.25) is 4.79 Å². The Balaban J connectivity index is 2.29. The number of para-hydroxylation sites is 1. The van der Waals surface area contributed by atoms with Gasteiger partial charge in [-0.25, -0.2) is 4.79 Å². The molecule has 114 valence electrons. The number of ether oxygens (including phenoxy) is 1. The maximum Gasteiger partial charge on any atom is 0.340 e. The number of rotatable bonds is 4. The molecule has 22 heavy (non-hydrogen) atoms. The van der Waals surface area contributed by atoms with Crippen LogP contribution in [0.4, 0.5) is 5.69 Å². The summed E-state index contributed by atoms with van der Waals surface area (Å²) < 4.78 is 5.01. The van der Waals surface area contributed by atoms with E-state index >= 15 is 0 Å². The molecule has 0 aliphatic carbocycles. The molecule has 0 heterocycles. The predicted molar refractivity (Wildman–Crippen MR) is 86.3 cm³/mol. The first-order valence-electron chi connectivity index (χ1n) is 7.18. The standard InChI is InChI=1S/C18H19NO3/c1-4-22-18(21)15-9-5-6-11-16(15)19-17(20)14-10-7-8-12(2)13(14)3/h5-11H,4H2,1-3H3,(H,19,20). The highest BCUT2D eigenvalue weighted by Crippen LogP contribution is 2.19. The van der Waals surface area contributed by atoms with E-state index in [0.717, 1.165) is 11.1 Å². The maximum absolute atomic E-state index is 12.5. The molecule has 2 rings (SSSR count). The summed E-state index contributed by atoms with van der Waals surface area (Å²) in [5.74, 6) is -0.683. The van der Waals surface area contributed by atoms with E-state index in [-0.39, 0.29) is 12.5 Å². The van der Waals surface area contributed by atoms with Crippen LogP contribution in [-0.2, 0) is 4.74 Å². The topological polar surface area (TPSA) is 55.4 Å². The molecule has 0 saturated carbocycles. The number of hydrogen-bond donors (Lipinski definition) is 1. The second kappa shape index (κ2) is 6.89. The summed E-state index contributed by atoms with van der Waals surface area (Å²) in [4.78, 5) is 24.4. The van der Waals surface area contributed by atoms with Crippen molar-refractivity contribution in [3.05, 3.63) is 64.7 Å². The molecule has 0 saturated heterocycles. The SMILES string of the molecule is CCOC(=O)c1ccccc1NC(=O)c1cccc(C)c1C. The van der Waals surface area contributed by atoms with E-state index in [1.807, 2.05) is 26.0 Å². The van der Waals surface area contributed by atoms with E-state index in [2.05, 4.69) is 5.32 Å². The minimum Gasteiger partial charge on any atom is -0.462 e. The van der Waals surface area contributed by atoms with Gasteiger partial charge >= 0.3 is 5.97 Å². The van der Waals surface area contributed by atoms with Crippen molar-refractivity contribution in [3.63, 3.8) is 0 Å². The first-order valence-corrected chi connectivity index (χ1v) is 7.18. The van der Waals surface area contributed by atoms with Crippen LogP contribution >= 0.6 is 0 Å². The van der Waals surface area contributed by atoms with Gasteiger partial charge in [0.25, 0.3) is 5.91 Å². The quantitative estimate of drug-likeness (QED) is 0.875. The zero-order chi connectivity index (χ0) is 16.1. The van der Waals surface area contributed by atoms with Crippen molar-refractivity contribution >= 4 is 17.6 Å². The van der Waals surface area contributed by atoms with Gasteiger partial charge in [0.15, 0.2) is 0 Å². The highest BCUT2D eigenvalue weighted by atomic mass is 16.5. The van der Waals surface area contributed by atoms with Crippen molar-refractivity contribution < 1.29 is 14.3 Å². The highest BCUT2D eigenvalue weighted by Gasteiger charge is 2.16. The number of aryl methyl sites for hydroxylation is 1. The van der Waals surface area contributed by atoms with Crippen LogP contribution in [0.25, 0.3) is 0 Å². The lowest BCUT2D eigenvalue weighted by molar-refractivity contribution is 0.0527. The summed E-state index contributed by atoms with van der Waals surface area (Å²) in [7, 11) is 0. The largest absolute Gasteiger partial charge is 0.462 e. The average Bonchev–Trinajstić information content (AvgIpc) is 2.50. The normalized spacial score (nSPS) is 10.1. The molecule has 0 unspecified atom stereocenters. The van der Waals surface area contributed by atoms with Crippen LogP contribution in [0.15, 0.2) is 42.5 Å². The van der Waals surface area contributed by atoms with Gasteiger partial charge in [-0.15, -0.1) is 0 Å². The fraction of sp³-hybridized carbons (Fsp3) is 0.222. The molecular weight excluding hydrogens is 278 g/mol. The molecule has 4 heteroatoms. The first-order chi connectivity index (χ1) is 10.5. The summed E-state index contributed by atoms with van der Waals surface area (Å²) in [6.45, 7) is 5.90. The molecule has 1 amide bonds. The lowest BCUT2D eigenvalue weighted by atomic mass is 10.0. The van der Waals surface area contributed by atoms with Crippen LogP contribution in [0.5, 0.6) is 0 Å². The van der Waals surface area contributed by atoms with Crippen molar-refractivity contribution in [2.24, 2.45) is 0 Å². The number of anilines is 1. The van der Waals surface area contributed by atoms with Crippen LogP contribution in [0.3, 0.4) is 0 Å². The number of carbonyl (C=O) groups excluding carboxylic acids is 2. The van der Waals surface area contributed by atoms with Gasteiger partial charge in [0.1, 0.15) is 0 Å². The Morgan fingerprint density at radius 2 is 1.68 bits per heavy atom. The molecule has 0 atom stereocenters. The lowest BCUT2D eigenvalue weighted by Crippen LogP contribution is -2.17. The second-order valence-corrected chi connectivity index (χ2v) is 4.97. The summed E-state index contributed by atoms with van der Waals surface area (Å²) in [5.41, 5.74) is 3.37. The molecule has 1 N–H and O–H groups in total. The Kier molecular flexibility index (Phi) is 4.94. The number of hydrogen-bond acceptors (Lipinski definition) is 3. The molecule has 0 aromatic heterocycles. The van der Waals surface area contributed by atoms with Crippen LogP contribution in [-0.4, -0.2) is 18.5 Å². The predicted octanol–water partition coefficient (Wildman–Crippen LogP) is 3.73. The monoisotopic (exact) mass is 297 g/mol. The summed E-state index contributed by atoms with van der Waals surface area (Å²) in [5, 5.41) is 2.79. The number of carbonyl (C=O) groups is 2. The fourth-order valence-electron chi connectivity index (χ4n) is 2.17. The average molecular weight is 297 g/mol. The third kappa shape index (κ3) is 3.34. The van der Waals surface area contributed by atoms with Crippen molar-refractivity contribution in [1.82, 2.24) is 0 Å². The van der Waals surface area contributed by atoms with Crippen molar-refractivity contribution in [2.45, 2.75) is 20.8 Å². The van der Waals surface area contributed by atoms with Gasteiger partial charge in [-0.1, -0.05) is 24.3 Å². The van der Waals surface area contributed by atoms with E-state index in [0.29, 0.717) is 16.8 Å².